The summed E-state index contributed by atoms with van der Waals surface area (Å²) < 4.78 is 5.34. The molecular weight excluding hydrogens is 204 g/mol. The van der Waals surface area contributed by atoms with Gasteiger partial charge in [-0.2, -0.15) is 0 Å². The van der Waals surface area contributed by atoms with E-state index in [1.54, 1.807) is 0 Å². The van der Waals surface area contributed by atoms with Gasteiger partial charge in [0.1, 0.15) is 0 Å². The number of carbonyl (C=O) groups excluding carboxylic acids is 1. The maximum absolute atomic E-state index is 12.1. The van der Waals surface area contributed by atoms with Crippen molar-refractivity contribution < 1.29 is 9.53 Å². The standard InChI is InChI=1S/C12H22N2O2/c13-12(4-1-2-5-12)10-11(15)14-6-3-8-16-9-7-14/h1-10,13H2. The van der Waals surface area contributed by atoms with Crippen LogP contribution in [0.1, 0.15) is 38.5 Å². The molecule has 2 N–H and O–H groups in total. The van der Waals surface area contributed by atoms with Crippen LogP contribution in [0, 0.1) is 0 Å². The molecule has 0 aromatic carbocycles. The van der Waals surface area contributed by atoms with Crippen LogP contribution in [0.3, 0.4) is 0 Å². The van der Waals surface area contributed by atoms with E-state index >= 15 is 0 Å². The summed E-state index contributed by atoms with van der Waals surface area (Å²) in [7, 11) is 0. The molecule has 0 spiro atoms. The number of carbonyl (C=O) groups is 1. The fourth-order valence-corrected chi connectivity index (χ4v) is 2.66. The summed E-state index contributed by atoms with van der Waals surface area (Å²) in [6, 6.07) is 0. The van der Waals surface area contributed by atoms with Crippen LogP contribution in [0.15, 0.2) is 0 Å². The van der Waals surface area contributed by atoms with Gasteiger partial charge < -0.3 is 15.4 Å². The monoisotopic (exact) mass is 226 g/mol. The van der Waals surface area contributed by atoms with Gasteiger partial charge >= 0.3 is 0 Å². The minimum atomic E-state index is -0.218. The van der Waals surface area contributed by atoms with Crippen molar-refractivity contribution in [2.24, 2.45) is 5.73 Å². The van der Waals surface area contributed by atoms with E-state index < -0.39 is 0 Å². The van der Waals surface area contributed by atoms with Crippen molar-refractivity contribution in [3.8, 4) is 0 Å². The fourth-order valence-electron chi connectivity index (χ4n) is 2.66. The van der Waals surface area contributed by atoms with Crippen molar-refractivity contribution in [1.82, 2.24) is 4.90 Å². The topological polar surface area (TPSA) is 55.6 Å². The smallest absolute Gasteiger partial charge is 0.224 e. The Kier molecular flexibility index (Phi) is 3.82. The Hall–Kier alpha value is -0.610. The van der Waals surface area contributed by atoms with Crippen molar-refractivity contribution in [3.05, 3.63) is 0 Å². The number of amides is 1. The van der Waals surface area contributed by atoms with E-state index in [9.17, 15) is 4.79 Å². The summed E-state index contributed by atoms with van der Waals surface area (Å²) in [5.74, 6) is 0.218. The maximum Gasteiger partial charge on any atom is 0.224 e. The Morgan fingerprint density at radius 3 is 2.69 bits per heavy atom. The Morgan fingerprint density at radius 2 is 1.94 bits per heavy atom. The molecule has 16 heavy (non-hydrogen) atoms. The summed E-state index contributed by atoms with van der Waals surface area (Å²) in [6.45, 7) is 3.00. The first-order chi connectivity index (χ1) is 7.70. The van der Waals surface area contributed by atoms with Gasteiger partial charge in [0, 0.05) is 31.7 Å². The lowest BCUT2D eigenvalue weighted by Gasteiger charge is -2.27. The highest BCUT2D eigenvalue weighted by Gasteiger charge is 2.33. The summed E-state index contributed by atoms with van der Waals surface area (Å²) in [5.41, 5.74) is 6.01. The molecular formula is C12H22N2O2. The van der Waals surface area contributed by atoms with Crippen molar-refractivity contribution in [1.29, 1.82) is 0 Å². The third kappa shape index (κ3) is 2.95. The molecule has 2 rings (SSSR count). The second-order valence-corrected chi connectivity index (χ2v) is 5.09. The summed E-state index contributed by atoms with van der Waals surface area (Å²) in [6.07, 6.45) is 5.82. The molecule has 0 radical (unpaired) electrons. The SMILES string of the molecule is NC1(CC(=O)N2CCCOCC2)CCCC1. The second-order valence-electron chi connectivity index (χ2n) is 5.09. The van der Waals surface area contributed by atoms with E-state index in [1.165, 1.54) is 12.8 Å². The fraction of sp³-hybridized carbons (Fsp3) is 0.917. The zero-order valence-corrected chi connectivity index (χ0v) is 9.91. The highest BCUT2D eigenvalue weighted by atomic mass is 16.5. The number of hydrogen-bond donors (Lipinski definition) is 1. The van der Waals surface area contributed by atoms with Crippen molar-refractivity contribution >= 4 is 5.91 Å². The number of hydrogen-bond acceptors (Lipinski definition) is 3. The quantitative estimate of drug-likeness (QED) is 0.761. The van der Waals surface area contributed by atoms with Gasteiger partial charge in [-0.3, -0.25) is 4.79 Å². The van der Waals surface area contributed by atoms with E-state index in [4.69, 9.17) is 10.5 Å². The minimum Gasteiger partial charge on any atom is -0.380 e. The predicted molar refractivity (Wildman–Crippen MR) is 62.0 cm³/mol. The Morgan fingerprint density at radius 1 is 1.19 bits per heavy atom. The number of rotatable bonds is 2. The van der Waals surface area contributed by atoms with Gasteiger partial charge in [0.15, 0.2) is 0 Å². The lowest BCUT2D eigenvalue weighted by Crippen LogP contribution is -2.44. The molecule has 1 saturated heterocycles. The Bertz CT molecular complexity index is 241. The first kappa shape index (κ1) is 11.9. The van der Waals surface area contributed by atoms with Crippen molar-refractivity contribution in [2.75, 3.05) is 26.3 Å². The first-order valence-electron chi connectivity index (χ1n) is 6.34. The lowest BCUT2D eigenvalue weighted by atomic mass is 9.94. The molecule has 1 saturated carbocycles. The van der Waals surface area contributed by atoms with Crippen LogP contribution in [0.4, 0.5) is 0 Å². The third-order valence-electron chi connectivity index (χ3n) is 3.68. The lowest BCUT2D eigenvalue weighted by molar-refractivity contribution is -0.132. The van der Waals surface area contributed by atoms with E-state index in [-0.39, 0.29) is 11.4 Å². The summed E-state index contributed by atoms with van der Waals surface area (Å²) in [5, 5.41) is 0. The van der Waals surface area contributed by atoms with Gasteiger partial charge in [-0.15, -0.1) is 0 Å². The molecule has 0 aromatic rings. The van der Waals surface area contributed by atoms with Crippen LogP contribution in [0.25, 0.3) is 0 Å². The number of nitrogens with two attached hydrogens (primary N) is 1. The highest BCUT2D eigenvalue weighted by Crippen LogP contribution is 2.30. The average molecular weight is 226 g/mol. The summed E-state index contributed by atoms with van der Waals surface area (Å²) >= 11 is 0. The Balaban J connectivity index is 1.86. The van der Waals surface area contributed by atoms with Gasteiger partial charge in [0.2, 0.25) is 5.91 Å². The van der Waals surface area contributed by atoms with E-state index in [0.29, 0.717) is 13.0 Å². The molecule has 4 nitrogen and oxygen atoms in total. The van der Waals surface area contributed by atoms with Gasteiger partial charge in [0.25, 0.3) is 0 Å². The molecule has 1 amide bonds. The van der Waals surface area contributed by atoms with Crippen molar-refractivity contribution in [2.45, 2.75) is 44.1 Å². The van der Waals surface area contributed by atoms with Gasteiger partial charge in [-0.1, -0.05) is 12.8 Å². The molecule has 4 heteroatoms. The van der Waals surface area contributed by atoms with Gasteiger partial charge in [-0.25, -0.2) is 0 Å². The first-order valence-corrected chi connectivity index (χ1v) is 6.34. The normalized spacial score (nSPS) is 25.4. The maximum atomic E-state index is 12.1. The molecule has 1 aliphatic carbocycles. The molecule has 0 atom stereocenters. The third-order valence-corrected chi connectivity index (χ3v) is 3.68. The second kappa shape index (κ2) is 5.15. The summed E-state index contributed by atoms with van der Waals surface area (Å²) in [4.78, 5) is 14.0. The molecule has 1 heterocycles. The molecule has 2 aliphatic rings. The molecule has 92 valence electrons. The predicted octanol–water partition coefficient (Wildman–Crippen LogP) is 0.897. The highest BCUT2D eigenvalue weighted by molar-refractivity contribution is 5.77. The van der Waals surface area contributed by atoms with Crippen LogP contribution in [-0.2, 0) is 9.53 Å². The largest absolute Gasteiger partial charge is 0.380 e. The van der Waals surface area contributed by atoms with Gasteiger partial charge in [-0.05, 0) is 19.3 Å². The van der Waals surface area contributed by atoms with E-state index in [0.717, 1.165) is 39.0 Å². The van der Waals surface area contributed by atoms with Crippen LogP contribution >= 0.6 is 0 Å². The van der Waals surface area contributed by atoms with E-state index in [1.807, 2.05) is 4.90 Å². The number of ether oxygens (including phenoxy) is 1. The molecule has 0 unspecified atom stereocenters. The van der Waals surface area contributed by atoms with E-state index in [2.05, 4.69) is 0 Å². The van der Waals surface area contributed by atoms with Crippen LogP contribution < -0.4 is 5.73 Å². The molecule has 2 fully saturated rings. The zero-order chi connectivity index (χ0) is 11.4. The molecule has 0 aromatic heterocycles. The molecule has 0 bridgehead atoms. The number of nitrogens with zero attached hydrogens (tertiary/aromatic N) is 1. The van der Waals surface area contributed by atoms with Crippen LogP contribution in [-0.4, -0.2) is 42.6 Å². The van der Waals surface area contributed by atoms with Crippen LogP contribution in [0.2, 0.25) is 0 Å². The average Bonchev–Trinajstić information content (AvgIpc) is 2.56. The molecule has 1 aliphatic heterocycles. The van der Waals surface area contributed by atoms with Crippen molar-refractivity contribution in [3.63, 3.8) is 0 Å². The zero-order valence-electron chi connectivity index (χ0n) is 9.91. The minimum absolute atomic E-state index is 0.218. The van der Waals surface area contributed by atoms with Crippen LogP contribution in [0.5, 0.6) is 0 Å². The van der Waals surface area contributed by atoms with Gasteiger partial charge in [0.05, 0.1) is 6.61 Å². The Labute approximate surface area is 97.1 Å².